The number of aryl methyl sites for hydroxylation is 2. The molecule has 0 amide bonds. The van der Waals surface area contributed by atoms with Gasteiger partial charge < -0.3 is 14.4 Å². The average molecular weight is 433 g/mol. The second-order valence-corrected chi connectivity index (χ2v) is 8.70. The summed E-state index contributed by atoms with van der Waals surface area (Å²) < 4.78 is 8.70. The van der Waals surface area contributed by atoms with Gasteiger partial charge in [0.2, 0.25) is 0 Å². The molecule has 0 saturated heterocycles. The fourth-order valence-electron chi connectivity index (χ4n) is 3.01. The first-order chi connectivity index (χ1) is 14.3. The van der Waals surface area contributed by atoms with E-state index in [1.54, 1.807) is 11.6 Å². The number of nitrogens with zero attached hydrogens (tertiary/aromatic N) is 3. The van der Waals surface area contributed by atoms with Crippen molar-refractivity contribution in [2.24, 2.45) is 7.05 Å². The molecule has 2 N–H and O–H groups in total. The number of imidazole rings is 1. The highest BCUT2D eigenvalue weighted by atomic mass is 32.2. The van der Waals surface area contributed by atoms with E-state index >= 15 is 0 Å². The van der Waals surface area contributed by atoms with Crippen LogP contribution in [0.2, 0.25) is 0 Å². The van der Waals surface area contributed by atoms with Crippen LogP contribution in [0.4, 0.5) is 0 Å². The van der Waals surface area contributed by atoms with E-state index in [1.165, 1.54) is 21.9 Å². The number of hydrogen-bond donors (Lipinski definition) is 2. The normalized spacial score (nSPS) is 13.5. The lowest BCUT2D eigenvalue weighted by Crippen LogP contribution is -2.30. The van der Waals surface area contributed by atoms with Crippen molar-refractivity contribution in [3.63, 3.8) is 0 Å². The van der Waals surface area contributed by atoms with Gasteiger partial charge in [0.1, 0.15) is 18.5 Å². The van der Waals surface area contributed by atoms with Crippen LogP contribution < -0.4 is 16.0 Å². The lowest BCUT2D eigenvalue weighted by atomic mass is 10.2. The zero-order valence-corrected chi connectivity index (χ0v) is 18.5. The third-order valence-electron chi connectivity index (χ3n) is 5.02. The summed E-state index contributed by atoms with van der Waals surface area (Å²) in [6, 6.07) is 7.74. The van der Waals surface area contributed by atoms with Gasteiger partial charge in [0, 0.05) is 12.3 Å². The number of benzene rings is 1. The van der Waals surface area contributed by atoms with Crippen LogP contribution >= 0.6 is 11.8 Å². The first-order valence-corrected chi connectivity index (χ1v) is 11.0. The van der Waals surface area contributed by atoms with Gasteiger partial charge in [-0.3, -0.25) is 14.3 Å². The van der Waals surface area contributed by atoms with Gasteiger partial charge in [-0.15, -0.1) is 0 Å². The van der Waals surface area contributed by atoms with E-state index in [4.69, 9.17) is 4.74 Å². The van der Waals surface area contributed by atoms with Crippen molar-refractivity contribution in [3.8, 4) is 5.75 Å². The van der Waals surface area contributed by atoms with Crippen LogP contribution in [0.3, 0.4) is 0 Å². The average Bonchev–Trinajstić information content (AvgIpc) is 3.09. The van der Waals surface area contributed by atoms with Crippen molar-refractivity contribution in [2.75, 3.05) is 6.61 Å². The van der Waals surface area contributed by atoms with Gasteiger partial charge in [0.05, 0.1) is 6.54 Å². The fraction of sp³-hybridized carbons (Fsp3) is 0.476. The minimum absolute atomic E-state index is 0.0717. The monoisotopic (exact) mass is 432 g/mol. The van der Waals surface area contributed by atoms with Gasteiger partial charge in [-0.2, -0.15) is 0 Å². The summed E-state index contributed by atoms with van der Waals surface area (Å²) in [6.45, 7) is 6.42. The Labute approximate surface area is 178 Å². The molecular weight excluding hydrogens is 404 g/mol. The number of aliphatic hydroxyl groups is 1. The highest BCUT2D eigenvalue weighted by Gasteiger charge is 2.21. The predicted molar refractivity (Wildman–Crippen MR) is 119 cm³/mol. The van der Waals surface area contributed by atoms with E-state index in [1.807, 2.05) is 24.3 Å². The molecule has 0 radical (unpaired) electrons. The molecule has 2 heterocycles. The van der Waals surface area contributed by atoms with Gasteiger partial charge in [-0.1, -0.05) is 44.7 Å². The maximum Gasteiger partial charge on any atom is 0.329 e. The Kier molecular flexibility index (Phi) is 7.04. The summed E-state index contributed by atoms with van der Waals surface area (Å²) in [7, 11) is 1.56. The van der Waals surface area contributed by atoms with Crippen molar-refractivity contribution in [3.05, 3.63) is 50.7 Å². The topological polar surface area (TPSA) is 102 Å². The van der Waals surface area contributed by atoms with E-state index in [-0.39, 0.29) is 23.9 Å². The lowest BCUT2D eigenvalue weighted by molar-refractivity contribution is 0.0913. The first kappa shape index (κ1) is 22.2. The van der Waals surface area contributed by atoms with Crippen LogP contribution in [-0.2, 0) is 20.0 Å². The Hall–Kier alpha value is -2.52. The molecule has 0 aliphatic rings. The standard InChI is InChI=1S/C21H28N4O4S/c1-5-13(3)30-21-22-18-17(19(27)23-20(28)24(18)4)25(21)11-15(26)12-29-16-9-7-14(6-2)8-10-16/h7-10,13,15,26H,5-6,11-12H2,1-4H3,(H,23,27,28)/t13-,15+/m1/s1. The highest BCUT2D eigenvalue weighted by molar-refractivity contribution is 7.99. The first-order valence-electron chi connectivity index (χ1n) is 10.1. The molecule has 162 valence electrons. The number of hydrogen-bond acceptors (Lipinski definition) is 6. The van der Waals surface area contributed by atoms with Gasteiger partial charge in [-0.25, -0.2) is 9.78 Å². The molecule has 1 aromatic carbocycles. The third kappa shape index (κ3) is 4.79. The van der Waals surface area contributed by atoms with Gasteiger partial charge in [-0.05, 0) is 30.5 Å². The van der Waals surface area contributed by atoms with Crippen molar-refractivity contribution in [1.82, 2.24) is 19.1 Å². The van der Waals surface area contributed by atoms with Crippen LogP contribution in [0.5, 0.6) is 5.75 Å². The molecule has 3 aromatic rings. The SMILES string of the molecule is CCc1ccc(OC[C@@H](O)Cn2c(S[C@H](C)CC)nc3c2c(=O)[nH]c(=O)n3C)cc1. The van der Waals surface area contributed by atoms with Crippen LogP contribution in [-0.4, -0.2) is 42.2 Å². The molecule has 0 bridgehead atoms. The van der Waals surface area contributed by atoms with Crippen molar-refractivity contribution in [2.45, 2.75) is 56.7 Å². The maximum absolute atomic E-state index is 12.5. The number of nitrogens with one attached hydrogen (secondary N) is 1. The van der Waals surface area contributed by atoms with Gasteiger partial charge in [0.15, 0.2) is 16.3 Å². The molecule has 0 unspecified atom stereocenters. The number of fused-ring (bicyclic) bond motifs is 1. The molecule has 0 saturated carbocycles. The Morgan fingerprint density at radius 3 is 2.57 bits per heavy atom. The summed E-state index contributed by atoms with van der Waals surface area (Å²) >= 11 is 1.51. The van der Waals surface area contributed by atoms with E-state index in [2.05, 4.69) is 30.7 Å². The van der Waals surface area contributed by atoms with E-state index in [0.29, 0.717) is 16.6 Å². The molecule has 2 aromatic heterocycles. The minimum atomic E-state index is -0.860. The third-order valence-corrected chi connectivity index (χ3v) is 6.28. The molecule has 0 spiro atoms. The minimum Gasteiger partial charge on any atom is -0.491 e. The smallest absolute Gasteiger partial charge is 0.329 e. The second-order valence-electron chi connectivity index (χ2n) is 7.29. The van der Waals surface area contributed by atoms with E-state index in [9.17, 15) is 14.7 Å². The van der Waals surface area contributed by atoms with Crippen molar-refractivity contribution in [1.29, 1.82) is 0 Å². The highest BCUT2D eigenvalue weighted by Crippen LogP contribution is 2.27. The van der Waals surface area contributed by atoms with Crippen LogP contribution in [0.1, 0.15) is 32.8 Å². The second kappa shape index (κ2) is 9.53. The van der Waals surface area contributed by atoms with Crippen molar-refractivity contribution < 1.29 is 9.84 Å². The molecule has 8 nitrogen and oxygen atoms in total. The number of ether oxygens (including phenoxy) is 1. The fourth-order valence-corrected chi connectivity index (χ4v) is 3.97. The predicted octanol–water partition coefficient (Wildman–Crippen LogP) is 2.32. The zero-order valence-electron chi connectivity index (χ0n) is 17.7. The summed E-state index contributed by atoms with van der Waals surface area (Å²) in [5.74, 6) is 0.677. The maximum atomic E-state index is 12.5. The molecule has 30 heavy (non-hydrogen) atoms. The number of aromatic nitrogens is 4. The molecule has 0 aliphatic heterocycles. The van der Waals surface area contributed by atoms with Crippen LogP contribution in [0.25, 0.3) is 11.2 Å². The molecule has 0 fully saturated rings. The van der Waals surface area contributed by atoms with Crippen molar-refractivity contribution >= 4 is 22.9 Å². The number of rotatable bonds is 9. The Morgan fingerprint density at radius 2 is 1.93 bits per heavy atom. The molecule has 9 heteroatoms. The van der Waals surface area contributed by atoms with Gasteiger partial charge in [0.25, 0.3) is 5.56 Å². The summed E-state index contributed by atoms with van der Waals surface area (Å²) in [6.07, 6.45) is 1.01. The quantitative estimate of drug-likeness (QED) is 0.503. The number of thioether (sulfide) groups is 1. The Morgan fingerprint density at radius 1 is 1.23 bits per heavy atom. The molecule has 0 aliphatic carbocycles. The summed E-state index contributed by atoms with van der Waals surface area (Å²) in [5, 5.41) is 11.5. The molecule has 3 rings (SSSR count). The zero-order chi connectivity index (χ0) is 21.8. The van der Waals surface area contributed by atoms with Gasteiger partial charge >= 0.3 is 5.69 Å². The lowest BCUT2D eigenvalue weighted by Gasteiger charge is -2.16. The number of H-pyrrole nitrogens is 1. The van der Waals surface area contributed by atoms with Crippen LogP contribution in [0.15, 0.2) is 39.0 Å². The Balaban J connectivity index is 1.86. The molecule has 2 atom stereocenters. The summed E-state index contributed by atoms with van der Waals surface area (Å²) in [5.41, 5.74) is 0.757. The van der Waals surface area contributed by atoms with Crippen LogP contribution in [0, 0.1) is 0 Å². The Bertz CT molecular complexity index is 1120. The largest absolute Gasteiger partial charge is 0.491 e. The number of aromatic amines is 1. The molecular formula is C21H28N4O4S. The number of aliphatic hydroxyl groups excluding tert-OH is 1. The van der Waals surface area contributed by atoms with E-state index < -0.39 is 17.4 Å². The van der Waals surface area contributed by atoms with E-state index in [0.717, 1.165) is 12.8 Å². The summed E-state index contributed by atoms with van der Waals surface area (Å²) in [4.78, 5) is 31.3.